The molecule has 0 bridgehead atoms. The average Bonchev–Trinajstić information content (AvgIpc) is 2.98. The molecule has 3 heterocycles. The van der Waals surface area contributed by atoms with E-state index < -0.39 is 0 Å². The van der Waals surface area contributed by atoms with Gasteiger partial charge >= 0.3 is 0 Å². The molecule has 0 spiro atoms. The van der Waals surface area contributed by atoms with Gasteiger partial charge in [0.05, 0.1) is 0 Å². The van der Waals surface area contributed by atoms with Gasteiger partial charge in [-0.05, 0) is 37.0 Å². The van der Waals surface area contributed by atoms with E-state index in [1.54, 1.807) is 0 Å². The van der Waals surface area contributed by atoms with Crippen molar-refractivity contribution in [3.8, 4) is 0 Å². The van der Waals surface area contributed by atoms with E-state index in [9.17, 15) is 4.79 Å². The SMILES string of the molecule is O=C1NCCCCC1Nc1nc(NCc2ccc(Cl)cc2)nc(N2CCNCC2)n1. The van der Waals surface area contributed by atoms with E-state index in [1.165, 1.54) is 0 Å². The van der Waals surface area contributed by atoms with Crippen molar-refractivity contribution in [1.82, 2.24) is 25.6 Å². The van der Waals surface area contributed by atoms with E-state index in [-0.39, 0.29) is 11.9 Å². The van der Waals surface area contributed by atoms with Crippen molar-refractivity contribution in [3.63, 3.8) is 0 Å². The Hall–Kier alpha value is -2.65. The number of nitrogens with zero attached hydrogens (tertiary/aromatic N) is 4. The summed E-state index contributed by atoms with van der Waals surface area (Å²) in [6.07, 6.45) is 2.73. The molecule has 1 amide bonds. The zero-order valence-electron chi connectivity index (χ0n) is 16.8. The van der Waals surface area contributed by atoms with Gasteiger partial charge in [-0.3, -0.25) is 4.79 Å². The summed E-state index contributed by atoms with van der Waals surface area (Å²) in [5.41, 5.74) is 1.07. The van der Waals surface area contributed by atoms with Crippen molar-refractivity contribution in [2.45, 2.75) is 31.8 Å². The highest BCUT2D eigenvalue weighted by Gasteiger charge is 2.23. The maximum absolute atomic E-state index is 12.3. The van der Waals surface area contributed by atoms with Gasteiger partial charge in [-0.1, -0.05) is 23.7 Å². The number of piperazine rings is 1. The van der Waals surface area contributed by atoms with Crippen LogP contribution in [0.2, 0.25) is 5.02 Å². The Bertz CT molecular complexity index is 856. The van der Waals surface area contributed by atoms with E-state index in [0.29, 0.717) is 36.0 Å². The zero-order valence-corrected chi connectivity index (χ0v) is 17.6. The highest BCUT2D eigenvalue weighted by atomic mass is 35.5. The highest BCUT2D eigenvalue weighted by molar-refractivity contribution is 6.30. The topological polar surface area (TPSA) is 107 Å². The first-order chi connectivity index (χ1) is 14.7. The van der Waals surface area contributed by atoms with Gasteiger partial charge < -0.3 is 26.2 Å². The van der Waals surface area contributed by atoms with Crippen molar-refractivity contribution in [3.05, 3.63) is 34.9 Å². The third-order valence-corrected chi connectivity index (χ3v) is 5.48. The predicted octanol–water partition coefficient (Wildman–Crippen LogP) is 1.63. The molecule has 4 N–H and O–H groups in total. The van der Waals surface area contributed by atoms with Crippen LogP contribution in [0.15, 0.2) is 24.3 Å². The van der Waals surface area contributed by atoms with Crippen LogP contribution in [-0.4, -0.2) is 59.6 Å². The number of halogens is 1. The van der Waals surface area contributed by atoms with Crippen LogP contribution < -0.4 is 26.2 Å². The molecule has 2 fully saturated rings. The van der Waals surface area contributed by atoms with Crippen molar-refractivity contribution >= 4 is 35.4 Å². The first-order valence-corrected chi connectivity index (χ1v) is 10.8. The largest absolute Gasteiger partial charge is 0.354 e. The van der Waals surface area contributed by atoms with E-state index in [1.807, 2.05) is 24.3 Å². The molecule has 1 atom stereocenters. The fraction of sp³-hybridized carbons (Fsp3) is 0.500. The quantitative estimate of drug-likeness (QED) is 0.547. The summed E-state index contributed by atoms with van der Waals surface area (Å²) < 4.78 is 0. The summed E-state index contributed by atoms with van der Waals surface area (Å²) >= 11 is 5.97. The average molecular weight is 431 g/mol. The van der Waals surface area contributed by atoms with Crippen LogP contribution in [0.3, 0.4) is 0 Å². The maximum Gasteiger partial charge on any atom is 0.242 e. The Morgan fingerprint density at radius 2 is 1.80 bits per heavy atom. The van der Waals surface area contributed by atoms with Crippen molar-refractivity contribution < 1.29 is 4.79 Å². The van der Waals surface area contributed by atoms with Gasteiger partial charge in [0, 0.05) is 44.3 Å². The minimum absolute atomic E-state index is 0.00712. The lowest BCUT2D eigenvalue weighted by molar-refractivity contribution is -0.121. The molecule has 0 radical (unpaired) electrons. The summed E-state index contributed by atoms with van der Waals surface area (Å²) in [6.45, 7) is 4.69. The summed E-state index contributed by atoms with van der Waals surface area (Å²) in [6, 6.07) is 7.30. The van der Waals surface area contributed by atoms with Crippen LogP contribution >= 0.6 is 11.6 Å². The Kier molecular flexibility index (Phi) is 6.81. The molecule has 0 saturated carbocycles. The number of rotatable bonds is 6. The maximum atomic E-state index is 12.3. The van der Waals surface area contributed by atoms with Gasteiger partial charge in [0.15, 0.2) is 0 Å². The van der Waals surface area contributed by atoms with E-state index in [4.69, 9.17) is 11.6 Å². The normalized spacial score (nSPS) is 19.7. The molecular weight excluding hydrogens is 404 g/mol. The van der Waals surface area contributed by atoms with Gasteiger partial charge in [0.1, 0.15) is 6.04 Å². The highest BCUT2D eigenvalue weighted by Crippen LogP contribution is 2.18. The molecular formula is C20H27ClN8O. The minimum Gasteiger partial charge on any atom is -0.354 e. The van der Waals surface area contributed by atoms with Gasteiger partial charge in [-0.15, -0.1) is 0 Å². The van der Waals surface area contributed by atoms with Crippen LogP contribution in [0.4, 0.5) is 17.8 Å². The van der Waals surface area contributed by atoms with Crippen LogP contribution in [0, 0.1) is 0 Å². The molecule has 30 heavy (non-hydrogen) atoms. The lowest BCUT2D eigenvalue weighted by Gasteiger charge is -2.28. The second kappa shape index (κ2) is 9.90. The van der Waals surface area contributed by atoms with Gasteiger partial charge in [-0.2, -0.15) is 15.0 Å². The molecule has 0 aliphatic carbocycles. The number of hydrogen-bond acceptors (Lipinski definition) is 8. The Labute approximate surface area is 181 Å². The van der Waals surface area contributed by atoms with E-state index in [0.717, 1.165) is 51.0 Å². The Morgan fingerprint density at radius 1 is 1.03 bits per heavy atom. The lowest BCUT2D eigenvalue weighted by atomic mass is 10.1. The summed E-state index contributed by atoms with van der Waals surface area (Å²) in [4.78, 5) is 28.2. The first-order valence-electron chi connectivity index (χ1n) is 10.4. The Balaban J connectivity index is 1.53. The monoisotopic (exact) mass is 430 g/mol. The van der Waals surface area contributed by atoms with Gasteiger partial charge in [0.25, 0.3) is 0 Å². The fourth-order valence-electron chi connectivity index (χ4n) is 3.53. The molecule has 1 aromatic heterocycles. The molecule has 2 aliphatic rings. The molecule has 1 aromatic carbocycles. The number of carbonyl (C=O) groups excluding carboxylic acids is 1. The smallest absolute Gasteiger partial charge is 0.242 e. The summed E-state index contributed by atoms with van der Waals surface area (Å²) in [5.74, 6) is 1.50. The molecule has 2 saturated heterocycles. The zero-order chi connectivity index (χ0) is 20.8. The number of hydrogen-bond donors (Lipinski definition) is 4. The van der Waals surface area contributed by atoms with Crippen LogP contribution in [0.1, 0.15) is 24.8 Å². The summed E-state index contributed by atoms with van der Waals surface area (Å²) in [7, 11) is 0. The van der Waals surface area contributed by atoms with Crippen molar-refractivity contribution in [2.24, 2.45) is 0 Å². The van der Waals surface area contributed by atoms with Crippen LogP contribution in [0.25, 0.3) is 0 Å². The molecule has 1 unspecified atom stereocenters. The van der Waals surface area contributed by atoms with Crippen molar-refractivity contribution in [2.75, 3.05) is 48.3 Å². The molecule has 2 aromatic rings. The number of benzene rings is 1. The minimum atomic E-state index is -0.338. The molecule has 10 heteroatoms. The fourth-order valence-corrected chi connectivity index (χ4v) is 3.66. The number of anilines is 3. The van der Waals surface area contributed by atoms with Crippen molar-refractivity contribution in [1.29, 1.82) is 0 Å². The third kappa shape index (κ3) is 5.48. The van der Waals surface area contributed by atoms with E-state index in [2.05, 4.69) is 41.1 Å². The number of carbonyl (C=O) groups is 1. The van der Waals surface area contributed by atoms with Crippen LogP contribution in [0.5, 0.6) is 0 Å². The number of aromatic nitrogens is 3. The molecule has 9 nitrogen and oxygen atoms in total. The molecule has 160 valence electrons. The van der Waals surface area contributed by atoms with Crippen LogP contribution in [-0.2, 0) is 11.3 Å². The second-order valence-corrected chi connectivity index (χ2v) is 7.92. The van der Waals surface area contributed by atoms with Gasteiger partial charge in [-0.25, -0.2) is 0 Å². The standard InChI is InChI=1S/C20H27ClN8O/c21-15-6-4-14(5-7-15)13-24-18-26-19(25-16-3-1-2-8-23-17(16)30)28-20(27-18)29-11-9-22-10-12-29/h4-7,16,22H,1-3,8-13H2,(H,23,30)(H2,24,25,26,27,28). The molecule has 2 aliphatic heterocycles. The number of amides is 1. The molecule has 4 rings (SSSR count). The third-order valence-electron chi connectivity index (χ3n) is 5.23. The lowest BCUT2D eigenvalue weighted by Crippen LogP contribution is -2.44. The van der Waals surface area contributed by atoms with Gasteiger partial charge in [0.2, 0.25) is 23.8 Å². The first kappa shape index (κ1) is 20.6. The Morgan fingerprint density at radius 3 is 2.60 bits per heavy atom. The second-order valence-electron chi connectivity index (χ2n) is 7.48. The predicted molar refractivity (Wildman–Crippen MR) is 118 cm³/mol. The summed E-state index contributed by atoms with van der Waals surface area (Å²) in [5, 5.41) is 13.5. The number of nitrogens with one attached hydrogen (secondary N) is 4. The van der Waals surface area contributed by atoms with E-state index >= 15 is 0 Å².